The van der Waals surface area contributed by atoms with Gasteiger partial charge in [0.25, 0.3) is 0 Å². The minimum atomic E-state index is -1.06. The third kappa shape index (κ3) is 4.12. The quantitative estimate of drug-likeness (QED) is 0.566. The van der Waals surface area contributed by atoms with Crippen LogP contribution in [0, 0.1) is 5.92 Å². The van der Waals surface area contributed by atoms with Gasteiger partial charge in [-0.05, 0) is 55.4 Å². The topological polar surface area (TPSA) is 63.3 Å². The molecule has 0 aliphatic carbocycles. The second-order valence-corrected chi connectivity index (χ2v) is 9.92. The Morgan fingerprint density at radius 2 is 1.91 bits per heavy atom. The summed E-state index contributed by atoms with van der Waals surface area (Å²) in [5, 5.41) is 4.72. The molecule has 0 saturated carbocycles. The number of hydrogen-bond acceptors (Lipinski definition) is 5. The molecule has 2 aliphatic heterocycles. The van der Waals surface area contributed by atoms with Crippen molar-refractivity contribution in [3.05, 3.63) is 51.5 Å². The summed E-state index contributed by atoms with van der Waals surface area (Å²) in [5.41, 5.74) is 0.690. The highest BCUT2D eigenvalue weighted by molar-refractivity contribution is 7.80. The Morgan fingerprint density at radius 3 is 2.56 bits per heavy atom. The molecule has 7 nitrogen and oxygen atoms in total. The number of thiocarbonyl (C=S) groups is 1. The van der Waals surface area contributed by atoms with Gasteiger partial charge in [-0.2, -0.15) is 0 Å². The molecule has 182 valence electrons. The summed E-state index contributed by atoms with van der Waals surface area (Å²) in [6.45, 7) is 2.39. The zero-order chi connectivity index (χ0) is 24.8. The molecule has 1 saturated heterocycles. The molecular formula is C24H27Cl2N3O4S. The van der Waals surface area contributed by atoms with E-state index in [4.69, 9.17) is 49.6 Å². The number of nitrogens with one attached hydrogen (secondary N) is 1. The number of hydrogen-bond donors (Lipinski definition) is 1. The van der Waals surface area contributed by atoms with E-state index in [9.17, 15) is 4.79 Å². The average Bonchev–Trinajstić information content (AvgIpc) is 2.78. The van der Waals surface area contributed by atoms with Crippen LogP contribution in [0.3, 0.4) is 0 Å². The van der Waals surface area contributed by atoms with E-state index in [-0.39, 0.29) is 5.91 Å². The number of methoxy groups -OCH3 is 2. The molecule has 0 unspecified atom stereocenters. The molecule has 10 heteroatoms. The number of amides is 1. The molecule has 2 heterocycles. The van der Waals surface area contributed by atoms with Crippen LogP contribution in [0.4, 0.5) is 0 Å². The summed E-state index contributed by atoms with van der Waals surface area (Å²) in [5.74, 6) is 1.15. The molecule has 1 N–H and O–H groups in total. The van der Waals surface area contributed by atoms with E-state index in [1.54, 1.807) is 45.3 Å². The summed E-state index contributed by atoms with van der Waals surface area (Å²) in [6.07, 6.45) is 0.635. The summed E-state index contributed by atoms with van der Waals surface area (Å²) in [6, 6.07) is 8.77. The molecule has 4 rings (SSSR count). The third-order valence-corrected chi connectivity index (χ3v) is 7.27. The van der Waals surface area contributed by atoms with Gasteiger partial charge in [0.2, 0.25) is 5.91 Å². The predicted octanol–water partition coefficient (Wildman–Crippen LogP) is 4.30. The number of fused-ring (bicyclic) bond motifs is 4. The smallest absolute Gasteiger partial charge is 0.233 e. The van der Waals surface area contributed by atoms with Crippen LogP contribution in [-0.2, 0) is 11.2 Å². The highest BCUT2D eigenvalue weighted by Crippen LogP contribution is 2.51. The lowest BCUT2D eigenvalue weighted by atomic mass is 9.78. The predicted molar refractivity (Wildman–Crippen MR) is 136 cm³/mol. The van der Waals surface area contributed by atoms with Gasteiger partial charge in [0.05, 0.1) is 25.3 Å². The van der Waals surface area contributed by atoms with Crippen molar-refractivity contribution < 1.29 is 19.0 Å². The monoisotopic (exact) mass is 523 g/mol. The van der Waals surface area contributed by atoms with E-state index in [1.165, 1.54) is 0 Å². The lowest BCUT2D eigenvalue weighted by Gasteiger charge is -2.56. The zero-order valence-electron chi connectivity index (χ0n) is 19.6. The zero-order valence-corrected chi connectivity index (χ0v) is 22.0. The van der Waals surface area contributed by atoms with E-state index < -0.39 is 17.7 Å². The molecule has 1 amide bonds. The van der Waals surface area contributed by atoms with Crippen molar-refractivity contribution in [1.82, 2.24) is 15.1 Å². The number of benzene rings is 2. The Bertz CT molecular complexity index is 1150. The fourth-order valence-electron chi connectivity index (χ4n) is 4.72. The number of rotatable bonds is 6. The summed E-state index contributed by atoms with van der Waals surface area (Å²) in [7, 11) is 6.67. The number of nitrogens with zero attached hydrogens (tertiary/aromatic N) is 2. The highest BCUT2D eigenvalue weighted by atomic mass is 35.5. The van der Waals surface area contributed by atoms with Crippen LogP contribution in [0.25, 0.3) is 0 Å². The molecule has 2 bridgehead atoms. The minimum absolute atomic E-state index is 0.0830. The first-order valence-electron chi connectivity index (χ1n) is 10.8. The number of carbonyl (C=O) groups is 1. The van der Waals surface area contributed by atoms with Gasteiger partial charge in [-0.15, -0.1) is 0 Å². The fraction of sp³-hybridized carbons (Fsp3) is 0.417. The van der Waals surface area contributed by atoms with E-state index in [0.717, 1.165) is 11.1 Å². The van der Waals surface area contributed by atoms with E-state index in [2.05, 4.69) is 5.32 Å². The van der Waals surface area contributed by atoms with Crippen LogP contribution < -0.4 is 19.5 Å². The third-order valence-electron chi connectivity index (χ3n) is 6.43. The molecular weight excluding hydrogens is 497 g/mol. The van der Waals surface area contributed by atoms with Gasteiger partial charge in [0.15, 0.2) is 22.3 Å². The van der Waals surface area contributed by atoms with E-state index in [0.29, 0.717) is 45.4 Å². The molecule has 1 fully saturated rings. The number of ether oxygens (including phenoxy) is 3. The SMILES string of the molecule is COc1ccc(CCN2C(=S)N[C@H]3c4cc(Cl)cc(Cl)c4O[C@@]2(C)[C@@H]3C(=O)N(C)C)cc1OC. The lowest BCUT2D eigenvalue weighted by Crippen LogP contribution is -2.72. The van der Waals surface area contributed by atoms with Crippen molar-refractivity contribution in [2.75, 3.05) is 34.9 Å². The van der Waals surface area contributed by atoms with Gasteiger partial charge in [-0.3, -0.25) is 4.79 Å². The van der Waals surface area contributed by atoms with Crippen LogP contribution >= 0.6 is 35.4 Å². The molecule has 3 atom stereocenters. The van der Waals surface area contributed by atoms with Gasteiger partial charge in [-0.25, -0.2) is 0 Å². The fourth-order valence-corrected chi connectivity index (χ4v) is 5.67. The first kappa shape index (κ1) is 24.7. The summed E-state index contributed by atoms with van der Waals surface area (Å²) in [4.78, 5) is 16.9. The Labute approximate surface area is 214 Å². The molecule has 34 heavy (non-hydrogen) atoms. The van der Waals surface area contributed by atoms with Crippen LogP contribution in [0.15, 0.2) is 30.3 Å². The first-order chi connectivity index (χ1) is 16.1. The molecule has 0 spiro atoms. The van der Waals surface area contributed by atoms with Crippen molar-refractivity contribution in [1.29, 1.82) is 0 Å². The second-order valence-electron chi connectivity index (χ2n) is 8.69. The first-order valence-corrected chi connectivity index (χ1v) is 11.9. The normalized spacial score (nSPS) is 22.9. The molecule has 0 aromatic heterocycles. The Kier molecular flexibility index (Phi) is 6.77. The minimum Gasteiger partial charge on any atom is -0.493 e. The van der Waals surface area contributed by atoms with Crippen molar-refractivity contribution in [3.63, 3.8) is 0 Å². The summed E-state index contributed by atoms with van der Waals surface area (Å²) < 4.78 is 17.3. The van der Waals surface area contributed by atoms with Crippen LogP contribution in [0.1, 0.15) is 24.1 Å². The number of carbonyl (C=O) groups excluding carboxylic acids is 1. The Balaban J connectivity index is 1.72. The van der Waals surface area contributed by atoms with Crippen LogP contribution in [-0.4, -0.2) is 61.4 Å². The maximum atomic E-state index is 13.4. The van der Waals surface area contributed by atoms with Crippen molar-refractivity contribution in [3.8, 4) is 17.2 Å². The lowest BCUT2D eigenvalue weighted by molar-refractivity contribution is -0.161. The maximum Gasteiger partial charge on any atom is 0.233 e. The van der Waals surface area contributed by atoms with Crippen molar-refractivity contribution in [2.24, 2.45) is 5.92 Å². The molecule has 2 aromatic carbocycles. The van der Waals surface area contributed by atoms with E-state index >= 15 is 0 Å². The Morgan fingerprint density at radius 1 is 1.21 bits per heavy atom. The van der Waals surface area contributed by atoms with Gasteiger partial charge in [-0.1, -0.05) is 29.3 Å². The van der Waals surface area contributed by atoms with Crippen molar-refractivity contribution >= 4 is 46.4 Å². The van der Waals surface area contributed by atoms with Gasteiger partial charge in [0.1, 0.15) is 11.7 Å². The summed E-state index contributed by atoms with van der Waals surface area (Å²) >= 11 is 18.6. The van der Waals surface area contributed by atoms with Gasteiger partial charge < -0.3 is 29.3 Å². The van der Waals surface area contributed by atoms with Gasteiger partial charge >= 0.3 is 0 Å². The van der Waals surface area contributed by atoms with Crippen LogP contribution in [0.5, 0.6) is 17.2 Å². The average molecular weight is 524 g/mol. The Hall–Kier alpha value is -2.42. The number of halogens is 2. The maximum absolute atomic E-state index is 13.4. The van der Waals surface area contributed by atoms with Crippen molar-refractivity contribution in [2.45, 2.75) is 25.1 Å². The largest absolute Gasteiger partial charge is 0.493 e. The van der Waals surface area contributed by atoms with Crippen LogP contribution in [0.2, 0.25) is 10.0 Å². The molecule has 2 aromatic rings. The molecule has 0 radical (unpaired) electrons. The van der Waals surface area contributed by atoms with Gasteiger partial charge in [0, 0.05) is 31.2 Å². The standard InChI is InChI=1S/C24H27Cl2N3O4S/c1-24-19(22(30)28(2)3)20(15-11-14(25)12-16(26)21(15)33-24)27-23(34)29(24)9-8-13-6-7-17(31-4)18(10-13)32-5/h6-7,10-12,19-20H,8-9H2,1-5H3,(H,27,34)/t19-,20-,24-/m0/s1. The molecule has 2 aliphatic rings. The second kappa shape index (κ2) is 9.32. The highest BCUT2D eigenvalue weighted by Gasteiger charge is 2.59. The van der Waals surface area contributed by atoms with E-state index in [1.807, 2.05) is 30.0 Å².